The van der Waals surface area contributed by atoms with Crippen LogP contribution in [0.1, 0.15) is 59.3 Å². The predicted octanol–water partition coefficient (Wildman–Crippen LogP) is 5.16. The summed E-state index contributed by atoms with van der Waals surface area (Å²) in [6.07, 6.45) is 18.2. The number of likely N-dealkylation sites (tertiary alicyclic amines) is 1. The lowest BCUT2D eigenvalue weighted by Gasteiger charge is -2.48. The third-order valence-corrected chi connectivity index (χ3v) is 7.82. The number of alkyl halides is 1. The molecule has 170 valence electrons. The van der Waals surface area contributed by atoms with E-state index in [1.165, 1.54) is 44.3 Å². The average Bonchev–Trinajstić information content (AvgIpc) is 2.73. The van der Waals surface area contributed by atoms with E-state index in [4.69, 9.17) is 11.6 Å². The van der Waals surface area contributed by atoms with Crippen molar-refractivity contribution in [3.05, 3.63) is 36.0 Å². The molecule has 0 saturated carbocycles. The van der Waals surface area contributed by atoms with Crippen LogP contribution in [0.5, 0.6) is 0 Å². The molecule has 2 aliphatic carbocycles. The van der Waals surface area contributed by atoms with Crippen LogP contribution in [0.4, 0.5) is 0 Å². The molecular formula is C26H43ClN2O. The van der Waals surface area contributed by atoms with Crippen LogP contribution in [-0.2, 0) is 0 Å². The summed E-state index contributed by atoms with van der Waals surface area (Å²) in [6.45, 7) is 12.0. The van der Waals surface area contributed by atoms with Gasteiger partial charge in [0.2, 0.25) is 0 Å². The summed E-state index contributed by atoms with van der Waals surface area (Å²) in [5, 5.41) is 13.5. The van der Waals surface area contributed by atoms with E-state index in [2.05, 4.69) is 61.4 Å². The van der Waals surface area contributed by atoms with Crippen LogP contribution in [-0.4, -0.2) is 54.2 Å². The van der Waals surface area contributed by atoms with Crippen molar-refractivity contribution in [2.75, 3.05) is 32.8 Å². The molecule has 1 heterocycles. The van der Waals surface area contributed by atoms with Gasteiger partial charge in [0.25, 0.3) is 0 Å². The van der Waals surface area contributed by atoms with E-state index in [1.807, 2.05) is 0 Å². The Bertz CT molecular complexity index is 627. The van der Waals surface area contributed by atoms with Gasteiger partial charge in [-0.2, -0.15) is 0 Å². The summed E-state index contributed by atoms with van der Waals surface area (Å²) in [5.41, 5.74) is 1.76. The van der Waals surface area contributed by atoms with Crippen molar-refractivity contribution < 1.29 is 5.11 Å². The van der Waals surface area contributed by atoms with Crippen molar-refractivity contribution >= 4 is 11.6 Å². The first-order valence-corrected chi connectivity index (χ1v) is 12.6. The van der Waals surface area contributed by atoms with E-state index in [0.29, 0.717) is 23.3 Å². The van der Waals surface area contributed by atoms with Gasteiger partial charge in [-0.3, -0.25) is 0 Å². The van der Waals surface area contributed by atoms with Crippen LogP contribution < -0.4 is 5.32 Å². The van der Waals surface area contributed by atoms with Gasteiger partial charge < -0.3 is 15.3 Å². The molecule has 0 amide bonds. The first-order valence-electron chi connectivity index (χ1n) is 12.2. The SMILES string of the molecule is CCC[C@H](CN1CCC(C2C=CC(Cl)CC2)C(C)(C)C1)NCC1=CC=CC(CO)C1. The molecule has 3 rings (SSSR count). The largest absolute Gasteiger partial charge is 0.396 e. The Hall–Kier alpha value is -0.610. The summed E-state index contributed by atoms with van der Waals surface area (Å²) < 4.78 is 0. The topological polar surface area (TPSA) is 35.5 Å². The number of halogens is 1. The third-order valence-electron chi connectivity index (χ3n) is 7.46. The highest BCUT2D eigenvalue weighted by atomic mass is 35.5. The fourth-order valence-corrected chi connectivity index (χ4v) is 6.06. The van der Waals surface area contributed by atoms with Crippen LogP contribution in [0.25, 0.3) is 0 Å². The van der Waals surface area contributed by atoms with Crippen molar-refractivity contribution in [2.24, 2.45) is 23.2 Å². The lowest BCUT2D eigenvalue weighted by molar-refractivity contribution is 0.0243. The highest BCUT2D eigenvalue weighted by Gasteiger charge is 2.40. The van der Waals surface area contributed by atoms with Gasteiger partial charge in [-0.15, -0.1) is 11.6 Å². The first-order chi connectivity index (χ1) is 14.4. The quantitative estimate of drug-likeness (QED) is 0.388. The van der Waals surface area contributed by atoms with Crippen LogP contribution in [0.3, 0.4) is 0 Å². The molecule has 4 heteroatoms. The van der Waals surface area contributed by atoms with Gasteiger partial charge in [0, 0.05) is 38.2 Å². The number of hydrogen-bond donors (Lipinski definition) is 2. The molecule has 2 N–H and O–H groups in total. The fourth-order valence-electron chi connectivity index (χ4n) is 5.85. The van der Waals surface area contributed by atoms with E-state index in [0.717, 1.165) is 31.8 Å². The Labute approximate surface area is 189 Å². The smallest absolute Gasteiger partial charge is 0.0516 e. The number of allylic oxidation sites excluding steroid dienone is 4. The second kappa shape index (κ2) is 11.3. The Morgan fingerprint density at radius 2 is 2.07 bits per heavy atom. The van der Waals surface area contributed by atoms with Gasteiger partial charge >= 0.3 is 0 Å². The summed E-state index contributed by atoms with van der Waals surface area (Å²) >= 11 is 6.28. The van der Waals surface area contributed by atoms with Gasteiger partial charge in [0.15, 0.2) is 0 Å². The molecule has 0 aromatic heterocycles. The summed E-state index contributed by atoms with van der Waals surface area (Å²) in [6, 6.07) is 0.535. The monoisotopic (exact) mass is 434 g/mol. The molecule has 3 aliphatic rings. The fraction of sp³-hybridized carbons (Fsp3) is 0.769. The van der Waals surface area contributed by atoms with Crippen LogP contribution in [0, 0.1) is 23.2 Å². The van der Waals surface area contributed by atoms with E-state index >= 15 is 0 Å². The molecule has 3 nitrogen and oxygen atoms in total. The van der Waals surface area contributed by atoms with Gasteiger partial charge in [0.1, 0.15) is 0 Å². The number of aliphatic hydroxyl groups excluding tert-OH is 1. The van der Waals surface area contributed by atoms with Crippen LogP contribution in [0.15, 0.2) is 36.0 Å². The molecule has 0 spiro atoms. The van der Waals surface area contributed by atoms with E-state index in [1.54, 1.807) is 0 Å². The lowest BCUT2D eigenvalue weighted by Crippen LogP contribution is -2.52. The standard InChI is InChI=1S/C26H43ClN2O/c1-4-6-24(28-16-20-7-5-8-21(15-20)18-30)17-29-14-13-25(26(2,3)19-29)22-9-11-23(27)12-10-22/h5,7-9,11,21-25,28,30H,4,6,10,12-19H2,1-3H3/t21?,22?,23?,24-,25?/m1/s1. The third kappa shape index (κ3) is 6.69. The van der Waals surface area contributed by atoms with Crippen molar-refractivity contribution in [3.8, 4) is 0 Å². The minimum atomic E-state index is 0.243. The average molecular weight is 435 g/mol. The van der Waals surface area contributed by atoms with E-state index < -0.39 is 0 Å². The van der Waals surface area contributed by atoms with Gasteiger partial charge in [-0.05, 0) is 55.9 Å². The molecule has 0 aromatic rings. The zero-order valence-electron chi connectivity index (χ0n) is 19.3. The number of aliphatic hydroxyl groups is 1. The number of piperidine rings is 1. The van der Waals surface area contributed by atoms with Crippen molar-refractivity contribution in [3.63, 3.8) is 0 Å². The zero-order chi connectivity index (χ0) is 21.6. The summed E-state index contributed by atoms with van der Waals surface area (Å²) in [7, 11) is 0. The number of rotatable bonds is 9. The van der Waals surface area contributed by atoms with Crippen molar-refractivity contribution in [1.82, 2.24) is 10.2 Å². The predicted molar refractivity (Wildman–Crippen MR) is 129 cm³/mol. The number of nitrogens with one attached hydrogen (secondary N) is 1. The normalized spacial score (nSPS) is 32.8. The zero-order valence-corrected chi connectivity index (χ0v) is 20.1. The minimum absolute atomic E-state index is 0.243. The number of hydrogen-bond acceptors (Lipinski definition) is 3. The first kappa shape index (κ1) is 24.0. The Balaban J connectivity index is 1.52. The minimum Gasteiger partial charge on any atom is -0.396 e. The molecule has 0 bridgehead atoms. The number of nitrogens with zero attached hydrogens (tertiary/aromatic N) is 1. The Morgan fingerprint density at radius 3 is 2.73 bits per heavy atom. The molecule has 0 radical (unpaired) electrons. The second-order valence-electron chi connectivity index (χ2n) is 10.5. The summed E-state index contributed by atoms with van der Waals surface area (Å²) in [5.74, 6) is 1.76. The lowest BCUT2D eigenvalue weighted by atomic mass is 9.65. The van der Waals surface area contributed by atoms with Gasteiger partial charge in [-0.1, -0.05) is 63.1 Å². The van der Waals surface area contributed by atoms with E-state index in [9.17, 15) is 5.11 Å². The summed E-state index contributed by atoms with van der Waals surface area (Å²) in [4.78, 5) is 2.70. The van der Waals surface area contributed by atoms with Crippen molar-refractivity contribution in [1.29, 1.82) is 0 Å². The highest BCUT2D eigenvalue weighted by molar-refractivity contribution is 6.21. The van der Waals surface area contributed by atoms with Crippen LogP contribution >= 0.6 is 11.6 Å². The molecular weight excluding hydrogens is 392 g/mol. The molecule has 1 aliphatic heterocycles. The Morgan fingerprint density at radius 1 is 1.23 bits per heavy atom. The molecule has 5 atom stereocenters. The van der Waals surface area contributed by atoms with Gasteiger partial charge in [0.05, 0.1) is 5.38 Å². The molecule has 0 aromatic carbocycles. The van der Waals surface area contributed by atoms with Gasteiger partial charge in [-0.25, -0.2) is 0 Å². The van der Waals surface area contributed by atoms with Crippen LogP contribution in [0.2, 0.25) is 0 Å². The van der Waals surface area contributed by atoms with E-state index in [-0.39, 0.29) is 12.0 Å². The Kier molecular flexibility index (Phi) is 9.07. The maximum absolute atomic E-state index is 9.45. The maximum atomic E-state index is 9.45. The molecule has 1 saturated heterocycles. The molecule has 30 heavy (non-hydrogen) atoms. The second-order valence-corrected chi connectivity index (χ2v) is 11.0. The molecule has 4 unspecified atom stereocenters. The highest BCUT2D eigenvalue weighted by Crippen LogP contribution is 2.43. The maximum Gasteiger partial charge on any atom is 0.0516 e. The van der Waals surface area contributed by atoms with Crippen molar-refractivity contribution in [2.45, 2.75) is 70.7 Å². The molecule has 1 fully saturated rings.